The maximum Gasteiger partial charge on any atom is 0.293 e. The lowest BCUT2D eigenvalue weighted by Crippen LogP contribution is -2.20. The first-order chi connectivity index (χ1) is 12.5. The third kappa shape index (κ3) is 3.23. The molecule has 26 heavy (non-hydrogen) atoms. The van der Waals surface area contributed by atoms with Gasteiger partial charge in [-0.15, -0.1) is 0 Å². The zero-order valence-electron chi connectivity index (χ0n) is 14.2. The summed E-state index contributed by atoms with van der Waals surface area (Å²) in [5, 5.41) is 13.0. The van der Waals surface area contributed by atoms with Crippen LogP contribution in [0, 0.1) is 18.3 Å². The van der Waals surface area contributed by atoms with E-state index in [9.17, 15) is 14.9 Å². The second-order valence-electron chi connectivity index (χ2n) is 5.54. The number of carbonyl (C=O) groups is 1. The summed E-state index contributed by atoms with van der Waals surface area (Å²) in [5.74, 6) is 1.04. The zero-order valence-corrected chi connectivity index (χ0v) is 14.2. The Bertz CT molecular complexity index is 1100. The number of fused-ring (bicyclic) bond motifs is 1. The molecule has 0 spiro atoms. The minimum absolute atomic E-state index is 0.0971. The summed E-state index contributed by atoms with van der Waals surface area (Å²) in [6.45, 7) is 1.55. The van der Waals surface area contributed by atoms with E-state index in [0.717, 1.165) is 5.39 Å². The molecule has 0 aliphatic carbocycles. The number of aromatic nitrogens is 3. The van der Waals surface area contributed by atoms with Gasteiger partial charge in [0.1, 0.15) is 24.1 Å². The number of pyridine rings is 1. The van der Waals surface area contributed by atoms with Gasteiger partial charge in [0.15, 0.2) is 17.9 Å². The van der Waals surface area contributed by atoms with E-state index in [1.807, 2.05) is 6.07 Å². The molecule has 0 saturated carbocycles. The molecular weight excluding hydrogens is 334 g/mol. The zero-order chi connectivity index (χ0) is 18.7. The smallest absolute Gasteiger partial charge is 0.293 e. The summed E-state index contributed by atoms with van der Waals surface area (Å²) in [4.78, 5) is 31.0. The number of carbonyl (C=O) groups excluding carboxylic acids is 1. The monoisotopic (exact) mass is 349 g/mol. The van der Waals surface area contributed by atoms with Crippen LogP contribution in [0.4, 0.5) is 11.5 Å². The van der Waals surface area contributed by atoms with Gasteiger partial charge in [-0.2, -0.15) is 5.26 Å². The van der Waals surface area contributed by atoms with Gasteiger partial charge in [-0.1, -0.05) is 0 Å². The van der Waals surface area contributed by atoms with Crippen molar-refractivity contribution in [2.45, 2.75) is 6.92 Å². The molecule has 8 nitrogen and oxygen atoms in total. The molecule has 3 aromatic rings. The fraction of sp³-hybridized carbons (Fsp3) is 0.167. The van der Waals surface area contributed by atoms with E-state index in [-0.39, 0.29) is 17.9 Å². The van der Waals surface area contributed by atoms with E-state index < -0.39 is 0 Å². The number of rotatable bonds is 5. The molecule has 0 unspecified atom stereocenters. The van der Waals surface area contributed by atoms with Crippen LogP contribution < -0.4 is 15.6 Å². The summed E-state index contributed by atoms with van der Waals surface area (Å²) in [7, 11) is 1.63. The summed E-state index contributed by atoms with van der Waals surface area (Å²) in [5.41, 5.74) is 1.40. The van der Waals surface area contributed by atoms with Crippen molar-refractivity contribution < 1.29 is 9.53 Å². The number of hydrogen-bond donors (Lipinski definition) is 1. The number of hydrogen-bond acceptors (Lipinski definition) is 7. The van der Waals surface area contributed by atoms with Crippen LogP contribution in [-0.4, -0.2) is 27.4 Å². The molecule has 0 atom stereocenters. The van der Waals surface area contributed by atoms with E-state index in [2.05, 4.69) is 15.3 Å². The van der Waals surface area contributed by atoms with Crippen LogP contribution in [0.3, 0.4) is 0 Å². The molecule has 0 radical (unpaired) electrons. The van der Waals surface area contributed by atoms with Crippen LogP contribution in [0.25, 0.3) is 10.9 Å². The predicted molar refractivity (Wildman–Crippen MR) is 95.5 cm³/mol. The van der Waals surface area contributed by atoms with Crippen LogP contribution in [0.1, 0.15) is 11.4 Å². The average molecular weight is 349 g/mol. The lowest BCUT2D eigenvalue weighted by Gasteiger charge is -2.12. The number of anilines is 2. The van der Waals surface area contributed by atoms with E-state index >= 15 is 0 Å². The lowest BCUT2D eigenvalue weighted by atomic mass is 10.2. The Hall–Kier alpha value is -3.73. The first-order valence-electron chi connectivity index (χ1n) is 7.74. The Morgan fingerprint density at radius 3 is 2.92 bits per heavy atom. The fourth-order valence-corrected chi connectivity index (χ4v) is 2.54. The number of nitrogens with zero attached hydrogens (tertiary/aromatic N) is 4. The van der Waals surface area contributed by atoms with Crippen molar-refractivity contribution in [2.75, 3.05) is 11.9 Å². The lowest BCUT2D eigenvalue weighted by molar-refractivity contribution is -0.109. The largest absolute Gasteiger partial charge is 0.480 e. The van der Waals surface area contributed by atoms with Gasteiger partial charge in [0, 0.05) is 18.1 Å². The van der Waals surface area contributed by atoms with E-state index in [1.54, 1.807) is 38.2 Å². The second-order valence-corrected chi connectivity index (χ2v) is 5.54. The van der Waals surface area contributed by atoms with Gasteiger partial charge < -0.3 is 14.6 Å². The number of aryl methyl sites for hydroxylation is 2. The highest BCUT2D eigenvalue weighted by Crippen LogP contribution is 2.24. The Labute approximate surface area is 148 Å². The topological polar surface area (TPSA) is 110 Å². The molecule has 2 aromatic heterocycles. The van der Waals surface area contributed by atoms with E-state index in [4.69, 9.17) is 4.74 Å². The summed E-state index contributed by atoms with van der Waals surface area (Å²) in [6, 6.07) is 9.00. The third-order valence-electron chi connectivity index (χ3n) is 3.79. The number of aldehydes is 1. The summed E-state index contributed by atoms with van der Waals surface area (Å²) < 4.78 is 6.65. The molecule has 130 valence electrons. The minimum atomic E-state index is -0.321. The molecule has 3 rings (SSSR count). The highest BCUT2D eigenvalue weighted by molar-refractivity contribution is 5.85. The molecule has 0 saturated heterocycles. The number of benzene rings is 1. The second kappa shape index (κ2) is 7.03. The Morgan fingerprint density at radius 2 is 2.19 bits per heavy atom. The van der Waals surface area contributed by atoms with Crippen molar-refractivity contribution in [3.63, 3.8) is 0 Å². The summed E-state index contributed by atoms with van der Waals surface area (Å²) in [6.07, 6.45) is 2.04. The molecule has 0 aliphatic heterocycles. The highest BCUT2D eigenvalue weighted by atomic mass is 16.5. The van der Waals surface area contributed by atoms with Gasteiger partial charge in [-0.25, -0.2) is 9.97 Å². The fourth-order valence-electron chi connectivity index (χ4n) is 2.54. The highest BCUT2D eigenvalue weighted by Gasteiger charge is 2.10. The first-order valence-corrected chi connectivity index (χ1v) is 7.74. The quantitative estimate of drug-likeness (QED) is 0.700. The standard InChI is InChI=1S/C18H15N5O3/c1-11-20-10-13(9-19)17(21-11)22-14-3-4-15-12(7-14)8-16(26-6-5-24)18(25)23(15)2/h3-5,7-8,10H,6H2,1-2H3,(H,20,21,22). The molecule has 0 amide bonds. The first kappa shape index (κ1) is 17.1. The molecule has 8 heteroatoms. The van der Waals surface area contributed by atoms with Crippen molar-refractivity contribution in [3.8, 4) is 11.8 Å². The normalized spacial score (nSPS) is 10.3. The number of nitrogens with one attached hydrogen (secondary N) is 1. The van der Waals surface area contributed by atoms with Gasteiger partial charge in [0.05, 0.1) is 11.7 Å². The molecule has 0 fully saturated rings. The van der Waals surface area contributed by atoms with Gasteiger partial charge in [-0.3, -0.25) is 9.59 Å². The van der Waals surface area contributed by atoms with Gasteiger partial charge in [0.2, 0.25) is 0 Å². The van der Waals surface area contributed by atoms with E-state index in [1.165, 1.54) is 10.8 Å². The van der Waals surface area contributed by atoms with Gasteiger partial charge in [-0.05, 0) is 31.2 Å². The third-order valence-corrected chi connectivity index (χ3v) is 3.79. The Morgan fingerprint density at radius 1 is 1.38 bits per heavy atom. The van der Waals surface area contributed by atoms with Gasteiger partial charge >= 0.3 is 0 Å². The molecular formula is C18H15N5O3. The maximum atomic E-state index is 12.2. The van der Waals surface area contributed by atoms with E-state index in [0.29, 0.717) is 34.7 Å². The van der Waals surface area contributed by atoms with Crippen molar-refractivity contribution in [1.29, 1.82) is 5.26 Å². The molecule has 0 bridgehead atoms. The van der Waals surface area contributed by atoms with Crippen LogP contribution >= 0.6 is 0 Å². The number of ether oxygens (including phenoxy) is 1. The van der Waals surface area contributed by atoms with Crippen LogP contribution in [0.2, 0.25) is 0 Å². The van der Waals surface area contributed by atoms with Crippen molar-refractivity contribution in [3.05, 3.63) is 52.2 Å². The molecule has 2 heterocycles. The Kier molecular flexibility index (Phi) is 4.62. The van der Waals surface area contributed by atoms with Gasteiger partial charge in [0.25, 0.3) is 5.56 Å². The minimum Gasteiger partial charge on any atom is -0.480 e. The molecule has 1 N–H and O–H groups in total. The van der Waals surface area contributed by atoms with Crippen molar-refractivity contribution in [1.82, 2.24) is 14.5 Å². The van der Waals surface area contributed by atoms with Crippen LogP contribution in [0.15, 0.2) is 35.3 Å². The summed E-state index contributed by atoms with van der Waals surface area (Å²) >= 11 is 0. The molecule has 0 aliphatic rings. The Balaban J connectivity index is 2.05. The number of nitriles is 1. The predicted octanol–water partition coefficient (Wildman–Crippen LogP) is 1.83. The average Bonchev–Trinajstić information content (AvgIpc) is 2.63. The SMILES string of the molecule is Cc1ncc(C#N)c(Nc2ccc3c(c2)cc(OCC=O)c(=O)n3C)n1. The van der Waals surface area contributed by atoms with Crippen molar-refractivity contribution >= 4 is 28.7 Å². The van der Waals surface area contributed by atoms with Crippen molar-refractivity contribution in [2.24, 2.45) is 7.05 Å². The van der Waals surface area contributed by atoms with Crippen LogP contribution in [0.5, 0.6) is 5.75 Å². The van der Waals surface area contributed by atoms with Crippen LogP contribution in [-0.2, 0) is 11.8 Å². The maximum absolute atomic E-state index is 12.2. The molecule has 1 aromatic carbocycles.